The Morgan fingerprint density at radius 2 is 1.72 bits per heavy atom. The zero-order chi connectivity index (χ0) is 18.2. The second kappa shape index (κ2) is 8.74. The largest absolute Gasteiger partial charge is 0.497 e. The molecule has 1 atom stereocenters. The molecule has 130 valence electrons. The topological polar surface area (TPSA) is 62.6 Å². The van der Waals surface area contributed by atoms with Crippen LogP contribution in [0.15, 0.2) is 48.5 Å². The molecule has 0 fully saturated rings. The number of hydrogen-bond donors (Lipinski definition) is 0. The molecule has 0 N–H and O–H groups in total. The third-order valence-electron chi connectivity index (χ3n) is 4.07. The van der Waals surface area contributed by atoms with Crippen molar-refractivity contribution < 1.29 is 14.3 Å². The Morgan fingerprint density at radius 1 is 1.12 bits per heavy atom. The van der Waals surface area contributed by atoms with Crippen LogP contribution in [0.4, 0.5) is 0 Å². The number of nitriles is 1. The van der Waals surface area contributed by atoms with E-state index in [0.29, 0.717) is 17.9 Å². The molecule has 0 bridgehead atoms. The summed E-state index contributed by atoms with van der Waals surface area (Å²) in [6.07, 6.45) is 0. The van der Waals surface area contributed by atoms with Gasteiger partial charge in [-0.05, 0) is 55.8 Å². The van der Waals surface area contributed by atoms with Crippen LogP contribution < -0.4 is 9.47 Å². The number of likely N-dealkylation sites (N-methyl/N-ethyl adjacent to an activating group) is 1. The molecular formula is C20H22N2O3. The summed E-state index contributed by atoms with van der Waals surface area (Å²) < 4.78 is 10.7. The van der Waals surface area contributed by atoms with Crippen LogP contribution in [0.2, 0.25) is 0 Å². The predicted molar refractivity (Wildman–Crippen MR) is 95.4 cm³/mol. The van der Waals surface area contributed by atoms with Crippen molar-refractivity contribution in [2.45, 2.75) is 19.9 Å². The van der Waals surface area contributed by atoms with Gasteiger partial charge in [-0.1, -0.05) is 12.1 Å². The SMILES string of the molecule is CCN(C(=O)COc1ccc(OC)cc1)C(C)c1ccc(C#N)cc1. The van der Waals surface area contributed by atoms with E-state index in [2.05, 4.69) is 6.07 Å². The molecule has 1 amide bonds. The van der Waals surface area contributed by atoms with Crippen LogP contribution in [0.1, 0.15) is 31.0 Å². The van der Waals surface area contributed by atoms with Gasteiger partial charge in [-0.15, -0.1) is 0 Å². The van der Waals surface area contributed by atoms with Crippen LogP contribution in [0.3, 0.4) is 0 Å². The van der Waals surface area contributed by atoms with Gasteiger partial charge in [0, 0.05) is 6.54 Å². The van der Waals surface area contributed by atoms with Crippen LogP contribution in [0, 0.1) is 11.3 Å². The van der Waals surface area contributed by atoms with Gasteiger partial charge in [-0.2, -0.15) is 5.26 Å². The predicted octanol–water partition coefficient (Wildman–Crippen LogP) is 3.56. The molecule has 2 rings (SSSR count). The summed E-state index contributed by atoms with van der Waals surface area (Å²) in [5.74, 6) is 1.27. The van der Waals surface area contributed by atoms with Crippen LogP contribution >= 0.6 is 0 Å². The molecule has 0 saturated heterocycles. The van der Waals surface area contributed by atoms with Gasteiger partial charge >= 0.3 is 0 Å². The number of carbonyl (C=O) groups excluding carboxylic acids is 1. The highest BCUT2D eigenvalue weighted by molar-refractivity contribution is 5.78. The fourth-order valence-electron chi connectivity index (χ4n) is 2.58. The van der Waals surface area contributed by atoms with Gasteiger partial charge in [-0.25, -0.2) is 0 Å². The Balaban J connectivity index is 1.99. The van der Waals surface area contributed by atoms with Gasteiger partial charge in [0.2, 0.25) is 0 Å². The number of carbonyl (C=O) groups is 1. The van der Waals surface area contributed by atoms with Crippen molar-refractivity contribution in [1.29, 1.82) is 5.26 Å². The molecule has 1 unspecified atom stereocenters. The minimum atomic E-state index is -0.0929. The number of ether oxygens (including phenoxy) is 2. The molecule has 0 spiro atoms. The molecule has 5 heteroatoms. The highest BCUT2D eigenvalue weighted by atomic mass is 16.5. The molecule has 0 aliphatic carbocycles. The molecule has 25 heavy (non-hydrogen) atoms. The Hall–Kier alpha value is -3.00. The molecule has 0 aromatic heterocycles. The highest BCUT2D eigenvalue weighted by Crippen LogP contribution is 2.21. The zero-order valence-corrected chi connectivity index (χ0v) is 14.7. The third kappa shape index (κ3) is 4.74. The van der Waals surface area contributed by atoms with Crippen molar-refractivity contribution in [3.63, 3.8) is 0 Å². The lowest BCUT2D eigenvalue weighted by molar-refractivity contribution is -0.135. The Labute approximate surface area is 148 Å². The highest BCUT2D eigenvalue weighted by Gasteiger charge is 2.20. The summed E-state index contributed by atoms with van der Waals surface area (Å²) in [6, 6.07) is 16.4. The van der Waals surface area contributed by atoms with Crippen molar-refractivity contribution in [2.75, 3.05) is 20.3 Å². The second-order valence-corrected chi connectivity index (χ2v) is 5.55. The van der Waals surface area contributed by atoms with E-state index in [9.17, 15) is 4.79 Å². The van der Waals surface area contributed by atoms with Crippen molar-refractivity contribution in [2.24, 2.45) is 0 Å². The van der Waals surface area contributed by atoms with Crippen molar-refractivity contribution in [1.82, 2.24) is 4.90 Å². The zero-order valence-electron chi connectivity index (χ0n) is 14.7. The average molecular weight is 338 g/mol. The number of amides is 1. The van der Waals surface area contributed by atoms with E-state index in [-0.39, 0.29) is 18.6 Å². The van der Waals surface area contributed by atoms with Crippen LogP contribution in [0.5, 0.6) is 11.5 Å². The molecule has 2 aromatic rings. The van der Waals surface area contributed by atoms with E-state index in [1.807, 2.05) is 26.0 Å². The van der Waals surface area contributed by atoms with E-state index in [1.54, 1.807) is 48.4 Å². The van der Waals surface area contributed by atoms with Gasteiger partial charge in [0.25, 0.3) is 5.91 Å². The van der Waals surface area contributed by atoms with Gasteiger partial charge in [0.1, 0.15) is 11.5 Å². The minimum absolute atomic E-state index is 0.0270. The van der Waals surface area contributed by atoms with E-state index in [0.717, 1.165) is 11.3 Å². The average Bonchev–Trinajstić information content (AvgIpc) is 2.67. The molecule has 0 aliphatic rings. The molecule has 0 aliphatic heterocycles. The maximum atomic E-state index is 12.5. The lowest BCUT2D eigenvalue weighted by Gasteiger charge is -2.28. The maximum Gasteiger partial charge on any atom is 0.260 e. The van der Waals surface area contributed by atoms with E-state index in [1.165, 1.54) is 0 Å². The monoisotopic (exact) mass is 338 g/mol. The smallest absolute Gasteiger partial charge is 0.260 e. The third-order valence-corrected chi connectivity index (χ3v) is 4.07. The second-order valence-electron chi connectivity index (χ2n) is 5.55. The summed E-state index contributed by atoms with van der Waals surface area (Å²) in [5.41, 5.74) is 1.59. The maximum absolute atomic E-state index is 12.5. The Morgan fingerprint density at radius 3 is 2.24 bits per heavy atom. The van der Waals surface area contributed by atoms with Gasteiger partial charge in [0.15, 0.2) is 6.61 Å². The van der Waals surface area contributed by atoms with Crippen LogP contribution in [-0.4, -0.2) is 31.1 Å². The fraction of sp³-hybridized carbons (Fsp3) is 0.300. The fourth-order valence-corrected chi connectivity index (χ4v) is 2.58. The first-order chi connectivity index (χ1) is 12.1. The lowest BCUT2D eigenvalue weighted by Crippen LogP contribution is -2.36. The molecule has 0 saturated carbocycles. The lowest BCUT2D eigenvalue weighted by atomic mass is 10.0. The molecular weight excluding hydrogens is 316 g/mol. The van der Waals surface area contributed by atoms with Crippen molar-refractivity contribution >= 4 is 5.91 Å². The molecule has 2 aromatic carbocycles. The van der Waals surface area contributed by atoms with Crippen molar-refractivity contribution in [3.05, 3.63) is 59.7 Å². The molecule has 5 nitrogen and oxygen atoms in total. The van der Waals surface area contributed by atoms with Crippen molar-refractivity contribution in [3.8, 4) is 17.6 Å². The van der Waals surface area contributed by atoms with Crippen LogP contribution in [-0.2, 0) is 4.79 Å². The minimum Gasteiger partial charge on any atom is -0.497 e. The van der Waals surface area contributed by atoms with E-state index in [4.69, 9.17) is 14.7 Å². The quantitative estimate of drug-likeness (QED) is 0.774. The van der Waals surface area contributed by atoms with E-state index >= 15 is 0 Å². The summed E-state index contributed by atoms with van der Waals surface area (Å²) in [4.78, 5) is 14.3. The normalized spacial score (nSPS) is 11.3. The van der Waals surface area contributed by atoms with E-state index < -0.39 is 0 Å². The summed E-state index contributed by atoms with van der Waals surface area (Å²) in [6.45, 7) is 4.45. The first-order valence-corrected chi connectivity index (χ1v) is 8.15. The summed E-state index contributed by atoms with van der Waals surface area (Å²) >= 11 is 0. The Kier molecular flexibility index (Phi) is 6.41. The van der Waals surface area contributed by atoms with Gasteiger partial charge in [-0.3, -0.25) is 4.79 Å². The van der Waals surface area contributed by atoms with Gasteiger partial charge in [0.05, 0.1) is 24.8 Å². The summed E-state index contributed by atoms with van der Waals surface area (Å²) in [7, 11) is 1.60. The first-order valence-electron chi connectivity index (χ1n) is 8.15. The standard InChI is InChI=1S/C20H22N2O3/c1-4-22(15(2)17-7-5-16(13-21)6-8-17)20(23)14-25-19-11-9-18(24-3)10-12-19/h5-12,15H,4,14H2,1-3H3. The van der Waals surface area contributed by atoms with Gasteiger partial charge < -0.3 is 14.4 Å². The number of rotatable bonds is 7. The number of hydrogen-bond acceptors (Lipinski definition) is 4. The number of nitrogens with zero attached hydrogens (tertiary/aromatic N) is 2. The number of methoxy groups -OCH3 is 1. The van der Waals surface area contributed by atoms with Crippen LogP contribution in [0.25, 0.3) is 0 Å². The summed E-state index contributed by atoms with van der Waals surface area (Å²) in [5, 5.41) is 8.88. The molecule has 0 heterocycles. The molecule has 0 radical (unpaired) electrons. The first kappa shape index (κ1) is 18.3. The number of benzene rings is 2. The Bertz CT molecular complexity index is 733.